The molecule has 2 rings (SSSR count). The first-order valence-corrected chi connectivity index (χ1v) is 6.88. The van der Waals surface area contributed by atoms with E-state index in [1.807, 2.05) is 0 Å². The lowest BCUT2D eigenvalue weighted by atomic mass is 10.1. The van der Waals surface area contributed by atoms with Crippen molar-refractivity contribution in [2.75, 3.05) is 0 Å². The summed E-state index contributed by atoms with van der Waals surface area (Å²) >= 11 is 3.04. The highest BCUT2D eigenvalue weighted by atomic mass is 79.9. The Bertz CT molecular complexity index is 491. The van der Waals surface area contributed by atoms with Crippen LogP contribution < -0.4 is 5.73 Å². The van der Waals surface area contributed by atoms with Gasteiger partial charge in [-0.15, -0.1) is 0 Å². The van der Waals surface area contributed by atoms with E-state index >= 15 is 0 Å². The highest BCUT2D eigenvalue weighted by molar-refractivity contribution is 9.10. The second kappa shape index (κ2) is 5.53. The number of hydrogen-bond acceptors (Lipinski definition) is 1. The summed E-state index contributed by atoms with van der Waals surface area (Å²) in [7, 11) is 0. The quantitative estimate of drug-likeness (QED) is 0.620. The van der Waals surface area contributed by atoms with Gasteiger partial charge in [0.15, 0.2) is 0 Å². The Hall–Kier alpha value is -1.04. The molecule has 0 aliphatic heterocycles. The van der Waals surface area contributed by atoms with Crippen molar-refractivity contribution < 1.29 is 13.2 Å². The monoisotopic (exact) mass is 334 g/mol. The largest absolute Gasteiger partial charge is 0.418 e. The Morgan fingerprint density at radius 2 is 1.89 bits per heavy atom. The average Bonchev–Trinajstić information content (AvgIpc) is 2.83. The molecule has 0 amide bonds. The molecule has 1 fully saturated rings. The average molecular weight is 335 g/mol. The maximum atomic E-state index is 12.9. The summed E-state index contributed by atoms with van der Waals surface area (Å²) in [5, 5.41) is 0. The topological polar surface area (TPSA) is 38.4 Å². The third-order valence-corrected chi connectivity index (χ3v) is 3.78. The molecule has 0 spiro atoms. The summed E-state index contributed by atoms with van der Waals surface area (Å²) in [6.07, 6.45) is -0.486. The summed E-state index contributed by atoms with van der Waals surface area (Å²) < 4.78 is 39.1. The summed E-state index contributed by atoms with van der Waals surface area (Å²) in [4.78, 5) is 4.00. The highest BCUT2D eigenvalue weighted by Crippen LogP contribution is 2.38. The van der Waals surface area contributed by atoms with Crippen molar-refractivity contribution in [3.05, 3.63) is 28.2 Å². The fraction of sp³-hybridized carbons (Fsp3) is 0.462. The van der Waals surface area contributed by atoms with Crippen LogP contribution in [0.15, 0.2) is 27.7 Å². The van der Waals surface area contributed by atoms with Gasteiger partial charge < -0.3 is 5.73 Å². The summed E-state index contributed by atoms with van der Waals surface area (Å²) in [5.41, 5.74) is 4.96. The molecule has 0 unspecified atom stereocenters. The lowest BCUT2D eigenvalue weighted by Crippen LogP contribution is -2.21. The van der Waals surface area contributed by atoms with Crippen LogP contribution in [0.2, 0.25) is 0 Å². The van der Waals surface area contributed by atoms with E-state index in [0.717, 1.165) is 31.7 Å². The highest BCUT2D eigenvalue weighted by Gasteiger charge is 2.34. The molecule has 1 saturated carbocycles. The van der Waals surface area contributed by atoms with E-state index in [4.69, 9.17) is 5.73 Å². The van der Waals surface area contributed by atoms with Crippen LogP contribution in [0.3, 0.4) is 0 Å². The number of alkyl halides is 3. The van der Waals surface area contributed by atoms with Crippen molar-refractivity contribution in [2.24, 2.45) is 16.6 Å². The van der Waals surface area contributed by atoms with Gasteiger partial charge in [0.1, 0.15) is 5.84 Å². The van der Waals surface area contributed by atoms with Crippen molar-refractivity contribution in [1.29, 1.82) is 0 Å². The number of aliphatic imine (C=N–C) groups is 1. The predicted molar refractivity (Wildman–Crippen MR) is 72.4 cm³/mol. The van der Waals surface area contributed by atoms with E-state index < -0.39 is 11.7 Å². The molecule has 0 atom stereocenters. The van der Waals surface area contributed by atoms with Gasteiger partial charge in [-0.05, 0) is 31.0 Å². The van der Waals surface area contributed by atoms with Crippen LogP contribution in [-0.2, 0) is 6.18 Å². The predicted octanol–water partition coefficient (Wildman–Crippen LogP) is 4.65. The van der Waals surface area contributed by atoms with Crippen molar-refractivity contribution in [3.63, 3.8) is 0 Å². The molecule has 6 heteroatoms. The molecule has 0 aromatic heterocycles. The fourth-order valence-electron chi connectivity index (χ4n) is 2.28. The van der Waals surface area contributed by atoms with Crippen molar-refractivity contribution >= 4 is 27.5 Å². The molecule has 0 bridgehead atoms. The Balaban J connectivity index is 2.36. The Kier molecular flexibility index (Phi) is 4.18. The molecule has 19 heavy (non-hydrogen) atoms. The van der Waals surface area contributed by atoms with E-state index in [1.165, 1.54) is 12.1 Å². The Morgan fingerprint density at radius 1 is 1.26 bits per heavy atom. The minimum Gasteiger partial charge on any atom is -0.387 e. The summed E-state index contributed by atoms with van der Waals surface area (Å²) in [5.74, 6) is 0.426. The van der Waals surface area contributed by atoms with E-state index in [0.29, 0.717) is 10.3 Å². The normalized spacial score (nSPS) is 18.0. The smallest absolute Gasteiger partial charge is 0.387 e. The number of benzene rings is 1. The maximum Gasteiger partial charge on any atom is 0.418 e. The molecular weight excluding hydrogens is 321 g/mol. The minimum absolute atomic E-state index is 0.111. The molecule has 1 aromatic carbocycles. The molecule has 1 aliphatic rings. The molecule has 0 saturated heterocycles. The van der Waals surface area contributed by atoms with E-state index in [-0.39, 0.29) is 11.6 Å². The zero-order valence-electron chi connectivity index (χ0n) is 10.2. The van der Waals surface area contributed by atoms with E-state index in [2.05, 4.69) is 20.9 Å². The number of rotatable bonds is 2. The molecule has 1 aliphatic carbocycles. The van der Waals surface area contributed by atoms with Crippen LogP contribution in [0.1, 0.15) is 31.2 Å². The zero-order valence-corrected chi connectivity index (χ0v) is 11.8. The zero-order chi connectivity index (χ0) is 14.0. The molecule has 0 heterocycles. The molecule has 2 nitrogen and oxygen atoms in total. The van der Waals surface area contributed by atoms with Crippen LogP contribution in [0.25, 0.3) is 0 Å². The van der Waals surface area contributed by atoms with Crippen LogP contribution in [0.5, 0.6) is 0 Å². The lowest BCUT2D eigenvalue weighted by Gasteiger charge is -2.13. The van der Waals surface area contributed by atoms with Crippen molar-refractivity contribution in [1.82, 2.24) is 0 Å². The molecule has 104 valence electrons. The van der Waals surface area contributed by atoms with Gasteiger partial charge in [-0.25, -0.2) is 4.99 Å². The van der Waals surface area contributed by atoms with Gasteiger partial charge in [-0.3, -0.25) is 0 Å². The number of halogens is 4. The fourth-order valence-corrected chi connectivity index (χ4v) is 2.65. The van der Waals surface area contributed by atoms with Crippen LogP contribution in [-0.4, -0.2) is 5.84 Å². The van der Waals surface area contributed by atoms with Gasteiger partial charge in [0, 0.05) is 10.4 Å². The Labute approximate surface area is 118 Å². The van der Waals surface area contributed by atoms with Gasteiger partial charge in [0.2, 0.25) is 0 Å². The van der Waals surface area contributed by atoms with Crippen LogP contribution in [0, 0.1) is 5.92 Å². The van der Waals surface area contributed by atoms with Crippen molar-refractivity contribution in [3.8, 4) is 0 Å². The van der Waals surface area contributed by atoms with Gasteiger partial charge in [-0.1, -0.05) is 28.8 Å². The number of nitrogens with two attached hydrogens (primary N) is 1. The van der Waals surface area contributed by atoms with Gasteiger partial charge in [0.05, 0.1) is 11.3 Å². The van der Waals surface area contributed by atoms with Gasteiger partial charge in [0.25, 0.3) is 0 Å². The van der Waals surface area contributed by atoms with Gasteiger partial charge >= 0.3 is 6.18 Å². The minimum atomic E-state index is -4.43. The summed E-state index contributed by atoms with van der Waals surface area (Å²) in [6, 6.07) is 3.91. The first-order chi connectivity index (χ1) is 8.88. The molecular formula is C13H14BrF3N2. The molecule has 1 aromatic rings. The van der Waals surface area contributed by atoms with Crippen LogP contribution in [0.4, 0.5) is 18.9 Å². The van der Waals surface area contributed by atoms with Gasteiger partial charge in [-0.2, -0.15) is 13.2 Å². The standard InChI is InChI=1S/C13H14BrF3N2/c14-9-5-6-11(10(7-9)13(15,16)17)19-12(18)8-3-1-2-4-8/h5-8H,1-4H2,(H2,18,19). The molecule has 2 N–H and O–H groups in total. The molecule has 0 radical (unpaired) electrons. The third kappa shape index (κ3) is 3.49. The van der Waals surface area contributed by atoms with Crippen molar-refractivity contribution in [2.45, 2.75) is 31.9 Å². The SMILES string of the molecule is NC(=Nc1ccc(Br)cc1C(F)(F)F)C1CCCC1. The second-order valence-corrected chi connectivity index (χ2v) is 5.59. The first kappa shape index (κ1) is 14.4. The van der Waals surface area contributed by atoms with Crippen LogP contribution >= 0.6 is 15.9 Å². The number of hydrogen-bond donors (Lipinski definition) is 1. The Morgan fingerprint density at radius 3 is 2.47 bits per heavy atom. The number of amidine groups is 1. The first-order valence-electron chi connectivity index (χ1n) is 6.09. The van der Waals surface area contributed by atoms with E-state index in [1.54, 1.807) is 0 Å². The third-order valence-electron chi connectivity index (χ3n) is 3.29. The second-order valence-electron chi connectivity index (χ2n) is 4.68. The maximum absolute atomic E-state index is 12.9. The number of nitrogens with zero attached hydrogens (tertiary/aromatic N) is 1. The summed E-state index contributed by atoms with van der Waals surface area (Å²) in [6.45, 7) is 0. The van der Waals surface area contributed by atoms with E-state index in [9.17, 15) is 13.2 Å². The lowest BCUT2D eigenvalue weighted by molar-refractivity contribution is -0.137.